The molecule has 1 aromatic carbocycles. The van der Waals surface area contributed by atoms with Gasteiger partial charge in [0.25, 0.3) is 0 Å². The highest BCUT2D eigenvalue weighted by Crippen LogP contribution is 2.20. The number of H-pyrrole nitrogens is 1. The van der Waals surface area contributed by atoms with Crippen molar-refractivity contribution in [3.05, 3.63) is 24.0 Å². The zero-order chi connectivity index (χ0) is 12.6. The topological polar surface area (TPSA) is 132 Å². The number of aromatic nitrogens is 2. The van der Waals surface area contributed by atoms with Gasteiger partial charge in [-0.1, -0.05) is 0 Å². The number of carboxylic acids is 1. The molecule has 0 aliphatic carbocycles. The first kappa shape index (κ1) is 11.4. The fraction of sp³-hybridized carbons (Fsp3) is 0.200. The van der Waals surface area contributed by atoms with Gasteiger partial charge in [-0.05, 0) is 18.2 Å². The molecule has 0 aliphatic rings. The van der Waals surface area contributed by atoms with Crippen LogP contribution in [-0.4, -0.2) is 37.4 Å². The number of aliphatic hydroxyl groups is 2. The molecule has 0 bridgehead atoms. The third kappa shape index (κ3) is 2.05. The number of nitrogens with two attached hydrogens (primary N) is 1. The summed E-state index contributed by atoms with van der Waals surface area (Å²) in [5, 5.41) is 27.3. The van der Waals surface area contributed by atoms with Crippen molar-refractivity contribution in [2.75, 3.05) is 5.73 Å². The molecular formula is C10H11N3O4. The smallest absolute Gasteiger partial charge is 0.335 e. The average molecular weight is 237 g/mol. The van der Waals surface area contributed by atoms with Crippen LogP contribution in [0, 0.1) is 0 Å². The SMILES string of the molecule is Nc1ccc2nc([C@H](O)[C@H](O)C(=O)O)[nH]c2c1. The van der Waals surface area contributed by atoms with E-state index in [0.717, 1.165) is 0 Å². The van der Waals surface area contributed by atoms with Gasteiger partial charge in [-0.2, -0.15) is 0 Å². The van der Waals surface area contributed by atoms with Crippen LogP contribution in [0.5, 0.6) is 0 Å². The van der Waals surface area contributed by atoms with Crippen molar-refractivity contribution in [3.8, 4) is 0 Å². The molecule has 6 N–H and O–H groups in total. The number of aliphatic carboxylic acids is 1. The van der Waals surface area contributed by atoms with E-state index in [9.17, 15) is 15.0 Å². The van der Waals surface area contributed by atoms with E-state index in [1.807, 2.05) is 0 Å². The summed E-state index contributed by atoms with van der Waals surface area (Å²) < 4.78 is 0. The van der Waals surface area contributed by atoms with E-state index in [2.05, 4.69) is 9.97 Å². The van der Waals surface area contributed by atoms with Crippen molar-refractivity contribution in [1.82, 2.24) is 9.97 Å². The second kappa shape index (κ2) is 4.04. The van der Waals surface area contributed by atoms with Gasteiger partial charge < -0.3 is 26.0 Å². The standard InChI is InChI=1S/C10H11N3O4/c11-4-1-2-5-6(3-4)13-9(12-5)7(14)8(15)10(16)17/h1-3,7-8,14-15H,11H2,(H,12,13)(H,16,17)/t7-,8+/m1/s1. The molecule has 7 heteroatoms. The largest absolute Gasteiger partial charge is 0.479 e. The van der Waals surface area contributed by atoms with Crippen LogP contribution in [0.3, 0.4) is 0 Å². The fourth-order valence-corrected chi connectivity index (χ4v) is 1.47. The number of benzene rings is 1. The number of nitrogens with one attached hydrogen (secondary N) is 1. The molecule has 2 aromatic rings. The van der Waals surface area contributed by atoms with Gasteiger partial charge in [-0.3, -0.25) is 0 Å². The lowest BCUT2D eigenvalue weighted by Crippen LogP contribution is -2.28. The summed E-state index contributed by atoms with van der Waals surface area (Å²) >= 11 is 0. The summed E-state index contributed by atoms with van der Waals surface area (Å²) in [5.41, 5.74) is 7.18. The molecule has 0 saturated heterocycles. The molecule has 0 radical (unpaired) electrons. The first-order valence-electron chi connectivity index (χ1n) is 4.83. The van der Waals surface area contributed by atoms with Gasteiger partial charge in [0.1, 0.15) is 11.9 Å². The number of nitrogens with zero attached hydrogens (tertiary/aromatic N) is 1. The Hall–Kier alpha value is -2.12. The molecule has 0 aliphatic heterocycles. The van der Waals surface area contributed by atoms with Crippen LogP contribution in [-0.2, 0) is 4.79 Å². The molecule has 1 heterocycles. The van der Waals surface area contributed by atoms with Crippen LogP contribution in [0.4, 0.5) is 5.69 Å². The van der Waals surface area contributed by atoms with E-state index >= 15 is 0 Å². The third-order valence-electron chi connectivity index (χ3n) is 2.36. The number of rotatable bonds is 3. The van der Waals surface area contributed by atoms with Gasteiger partial charge in [0, 0.05) is 5.69 Å². The summed E-state index contributed by atoms with van der Waals surface area (Å²) in [6.07, 6.45) is -3.53. The monoisotopic (exact) mass is 237 g/mol. The van der Waals surface area contributed by atoms with E-state index in [1.54, 1.807) is 18.2 Å². The lowest BCUT2D eigenvalue weighted by molar-refractivity contribution is -0.153. The normalized spacial score (nSPS) is 14.7. The van der Waals surface area contributed by atoms with E-state index in [1.165, 1.54) is 0 Å². The highest BCUT2D eigenvalue weighted by Gasteiger charge is 2.27. The Labute approximate surface area is 95.5 Å². The number of carboxylic acid groups (broad SMARTS) is 1. The molecule has 1 aromatic heterocycles. The number of carbonyl (C=O) groups is 1. The molecule has 0 fully saturated rings. The lowest BCUT2D eigenvalue weighted by Gasteiger charge is -2.10. The number of aromatic amines is 1. The Balaban J connectivity index is 2.39. The van der Waals surface area contributed by atoms with Crippen molar-refractivity contribution >= 4 is 22.7 Å². The van der Waals surface area contributed by atoms with Crippen LogP contribution >= 0.6 is 0 Å². The average Bonchev–Trinajstić information content (AvgIpc) is 2.69. The Bertz CT molecular complexity index is 566. The van der Waals surface area contributed by atoms with E-state index in [0.29, 0.717) is 16.7 Å². The number of aliphatic hydroxyl groups excluding tert-OH is 2. The Morgan fingerprint density at radius 3 is 2.76 bits per heavy atom. The number of imidazole rings is 1. The van der Waals surface area contributed by atoms with Crippen LogP contribution in [0.2, 0.25) is 0 Å². The Kier molecular flexibility index (Phi) is 2.70. The van der Waals surface area contributed by atoms with Gasteiger partial charge in [-0.25, -0.2) is 9.78 Å². The molecule has 0 amide bonds. The van der Waals surface area contributed by atoms with Crippen molar-refractivity contribution < 1.29 is 20.1 Å². The quantitative estimate of drug-likeness (QED) is 0.462. The van der Waals surface area contributed by atoms with Crippen molar-refractivity contribution in [2.24, 2.45) is 0 Å². The number of nitrogen functional groups attached to an aromatic ring is 1. The summed E-state index contributed by atoms with van der Waals surface area (Å²) in [7, 11) is 0. The third-order valence-corrected chi connectivity index (χ3v) is 2.36. The molecular weight excluding hydrogens is 226 g/mol. The van der Waals surface area contributed by atoms with Crippen molar-refractivity contribution in [3.63, 3.8) is 0 Å². The zero-order valence-corrected chi connectivity index (χ0v) is 8.66. The first-order valence-corrected chi connectivity index (χ1v) is 4.83. The van der Waals surface area contributed by atoms with Crippen LogP contribution in [0.1, 0.15) is 11.9 Å². The predicted molar refractivity (Wildman–Crippen MR) is 59.1 cm³/mol. The maximum Gasteiger partial charge on any atom is 0.335 e. The number of hydrogen-bond donors (Lipinski definition) is 5. The minimum Gasteiger partial charge on any atom is -0.479 e. The van der Waals surface area contributed by atoms with Crippen LogP contribution < -0.4 is 5.73 Å². The number of anilines is 1. The molecule has 2 rings (SSSR count). The predicted octanol–water partition coefficient (Wildman–Crippen LogP) is -0.376. The van der Waals surface area contributed by atoms with E-state index in [4.69, 9.17) is 10.8 Å². The highest BCUT2D eigenvalue weighted by atomic mass is 16.4. The Morgan fingerprint density at radius 2 is 2.12 bits per heavy atom. The van der Waals surface area contributed by atoms with Crippen molar-refractivity contribution in [2.45, 2.75) is 12.2 Å². The van der Waals surface area contributed by atoms with E-state index < -0.39 is 18.2 Å². The van der Waals surface area contributed by atoms with Gasteiger partial charge in [0.05, 0.1) is 11.0 Å². The zero-order valence-electron chi connectivity index (χ0n) is 8.66. The molecule has 90 valence electrons. The Morgan fingerprint density at radius 1 is 1.41 bits per heavy atom. The molecule has 17 heavy (non-hydrogen) atoms. The first-order chi connectivity index (χ1) is 7.99. The summed E-state index contributed by atoms with van der Waals surface area (Å²) in [6.45, 7) is 0. The van der Waals surface area contributed by atoms with Gasteiger partial charge in [0.15, 0.2) is 6.10 Å². The molecule has 7 nitrogen and oxygen atoms in total. The van der Waals surface area contributed by atoms with Crippen molar-refractivity contribution in [1.29, 1.82) is 0 Å². The molecule has 2 atom stereocenters. The molecule has 0 unspecified atom stereocenters. The summed E-state index contributed by atoms with van der Waals surface area (Å²) in [4.78, 5) is 17.2. The van der Waals surface area contributed by atoms with Gasteiger partial charge in [-0.15, -0.1) is 0 Å². The lowest BCUT2D eigenvalue weighted by atomic mass is 10.2. The van der Waals surface area contributed by atoms with Gasteiger partial charge >= 0.3 is 5.97 Å². The second-order valence-electron chi connectivity index (χ2n) is 3.63. The van der Waals surface area contributed by atoms with Gasteiger partial charge in [0.2, 0.25) is 0 Å². The number of hydrogen-bond acceptors (Lipinski definition) is 5. The molecule has 0 saturated carbocycles. The summed E-state index contributed by atoms with van der Waals surface area (Å²) in [5.74, 6) is -1.53. The maximum absolute atomic E-state index is 10.5. The number of fused-ring (bicyclic) bond motifs is 1. The minimum atomic E-state index is -1.92. The molecule has 0 spiro atoms. The van der Waals surface area contributed by atoms with Crippen LogP contribution in [0.15, 0.2) is 18.2 Å². The van der Waals surface area contributed by atoms with Crippen LogP contribution in [0.25, 0.3) is 11.0 Å². The van der Waals surface area contributed by atoms with E-state index in [-0.39, 0.29) is 5.82 Å². The minimum absolute atomic E-state index is 0.0134. The second-order valence-corrected chi connectivity index (χ2v) is 3.63. The highest BCUT2D eigenvalue weighted by molar-refractivity contribution is 5.79. The fourth-order valence-electron chi connectivity index (χ4n) is 1.47. The summed E-state index contributed by atoms with van der Waals surface area (Å²) in [6, 6.07) is 4.86. The maximum atomic E-state index is 10.5.